The Bertz CT molecular complexity index is 606. The van der Waals surface area contributed by atoms with Gasteiger partial charge in [-0.3, -0.25) is 14.4 Å². The molecule has 1 unspecified atom stereocenters. The highest BCUT2D eigenvalue weighted by atomic mass is 16.5. The van der Waals surface area contributed by atoms with E-state index < -0.39 is 12.0 Å². The topological polar surface area (TPSA) is 105 Å². The average molecular weight is 423 g/mol. The van der Waals surface area contributed by atoms with Crippen LogP contribution in [-0.4, -0.2) is 47.7 Å². The molecule has 0 aromatic carbocycles. The Labute approximate surface area is 180 Å². The number of carbonyl (C=O) groups is 3. The maximum atomic E-state index is 12.4. The van der Waals surface area contributed by atoms with E-state index in [0.29, 0.717) is 25.3 Å². The Kier molecular flexibility index (Phi) is 10.3. The van der Waals surface area contributed by atoms with Crippen LogP contribution in [0, 0.1) is 11.8 Å². The highest BCUT2D eigenvalue weighted by Gasteiger charge is 2.48. The molecule has 3 N–H and O–H groups in total. The lowest BCUT2D eigenvalue weighted by Gasteiger charge is -2.28. The molecule has 170 valence electrons. The molecule has 2 bridgehead atoms. The molecule has 2 amide bonds. The Morgan fingerprint density at radius 3 is 2.50 bits per heavy atom. The van der Waals surface area contributed by atoms with Crippen LogP contribution in [0.25, 0.3) is 0 Å². The zero-order valence-electron chi connectivity index (χ0n) is 18.4. The SMILES string of the molecule is CCCCCC(=O)NC(C)C(=O)NC[C@H]1[C@@H](CC=CCCCC(=O)O)[C@H]2CC[C@@H]1O2. The molecule has 0 aromatic rings. The molecule has 2 fully saturated rings. The number of unbranched alkanes of at least 4 members (excludes halogenated alkanes) is 3. The van der Waals surface area contributed by atoms with Crippen LogP contribution in [0.1, 0.15) is 78.1 Å². The number of carboxylic acid groups (broad SMARTS) is 1. The zero-order valence-corrected chi connectivity index (χ0v) is 18.4. The third-order valence-corrected chi connectivity index (χ3v) is 6.22. The number of hydrogen-bond acceptors (Lipinski definition) is 4. The number of ether oxygens (including phenoxy) is 1. The van der Waals surface area contributed by atoms with E-state index in [-0.39, 0.29) is 36.4 Å². The van der Waals surface area contributed by atoms with Crippen LogP contribution in [0.15, 0.2) is 12.2 Å². The van der Waals surface area contributed by atoms with E-state index >= 15 is 0 Å². The van der Waals surface area contributed by atoms with E-state index in [1.54, 1.807) is 6.92 Å². The van der Waals surface area contributed by atoms with Gasteiger partial charge in [0.05, 0.1) is 12.2 Å². The summed E-state index contributed by atoms with van der Waals surface area (Å²) in [5, 5.41) is 14.5. The van der Waals surface area contributed by atoms with E-state index in [0.717, 1.165) is 44.9 Å². The monoisotopic (exact) mass is 422 g/mol. The number of allylic oxidation sites excluding steroid dienone is 2. The molecule has 0 radical (unpaired) electrons. The molecule has 2 aliphatic heterocycles. The molecule has 2 rings (SSSR count). The van der Waals surface area contributed by atoms with Crippen LogP contribution >= 0.6 is 0 Å². The Balaban J connectivity index is 1.74. The molecule has 5 atom stereocenters. The lowest BCUT2D eigenvalue weighted by Crippen LogP contribution is -2.47. The summed E-state index contributed by atoms with van der Waals surface area (Å²) in [6, 6.07) is -0.536. The summed E-state index contributed by atoms with van der Waals surface area (Å²) >= 11 is 0. The molecule has 2 aliphatic rings. The van der Waals surface area contributed by atoms with Crippen molar-refractivity contribution in [2.24, 2.45) is 11.8 Å². The standard InChI is InChI=1S/C23H38N2O5/c1-3-4-7-11-21(26)25-16(2)23(29)24-15-18-17(19-13-14-20(18)30-19)10-8-5-6-9-12-22(27)28/h5,8,16-20H,3-4,6-7,9-15H2,1-2H3,(H,24,29)(H,25,26)(H,27,28)/t16?,17-,18+,19-,20+/m1/s1. The van der Waals surface area contributed by atoms with Gasteiger partial charge in [0.15, 0.2) is 0 Å². The normalized spacial score (nSPS) is 26.1. The Hall–Kier alpha value is -1.89. The predicted octanol–water partition coefficient (Wildman–Crippen LogP) is 3.18. The largest absolute Gasteiger partial charge is 0.481 e. The van der Waals surface area contributed by atoms with Gasteiger partial charge in [-0.1, -0.05) is 31.9 Å². The third kappa shape index (κ3) is 7.74. The molecule has 0 saturated carbocycles. The first-order valence-electron chi connectivity index (χ1n) is 11.5. The Morgan fingerprint density at radius 2 is 1.80 bits per heavy atom. The van der Waals surface area contributed by atoms with Gasteiger partial charge >= 0.3 is 5.97 Å². The summed E-state index contributed by atoms with van der Waals surface area (Å²) in [6.07, 6.45) is 12.6. The highest BCUT2D eigenvalue weighted by molar-refractivity contribution is 5.87. The quantitative estimate of drug-likeness (QED) is 0.295. The zero-order chi connectivity index (χ0) is 21.9. The van der Waals surface area contributed by atoms with Gasteiger partial charge in [0.2, 0.25) is 11.8 Å². The molecule has 7 nitrogen and oxygen atoms in total. The van der Waals surface area contributed by atoms with Crippen LogP contribution < -0.4 is 10.6 Å². The average Bonchev–Trinajstić information content (AvgIpc) is 3.30. The molecule has 0 spiro atoms. The molecule has 0 aliphatic carbocycles. The van der Waals surface area contributed by atoms with Crippen LogP contribution in [-0.2, 0) is 19.1 Å². The lowest BCUT2D eigenvalue weighted by molar-refractivity contribution is -0.137. The number of hydrogen-bond donors (Lipinski definition) is 3. The van der Waals surface area contributed by atoms with Crippen molar-refractivity contribution in [2.75, 3.05) is 6.54 Å². The van der Waals surface area contributed by atoms with E-state index in [2.05, 4.69) is 29.7 Å². The van der Waals surface area contributed by atoms with E-state index in [4.69, 9.17) is 9.84 Å². The molecule has 30 heavy (non-hydrogen) atoms. The smallest absolute Gasteiger partial charge is 0.303 e. The van der Waals surface area contributed by atoms with Crippen LogP contribution in [0.4, 0.5) is 0 Å². The molecular weight excluding hydrogens is 384 g/mol. The first-order chi connectivity index (χ1) is 14.4. The number of nitrogens with one attached hydrogen (secondary N) is 2. The summed E-state index contributed by atoms with van der Waals surface area (Å²) in [5.41, 5.74) is 0. The van der Waals surface area contributed by atoms with Gasteiger partial charge in [-0.05, 0) is 51.4 Å². The minimum atomic E-state index is -0.757. The van der Waals surface area contributed by atoms with Crippen LogP contribution in [0.2, 0.25) is 0 Å². The fourth-order valence-corrected chi connectivity index (χ4v) is 4.51. The van der Waals surface area contributed by atoms with Gasteiger partial charge in [-0.2, -0.15) is 0 Å². The number of rotatable bonds is 14. The van der Waals surface area contributed by atoms with Crippen molar-refractivity contribution in [3.05, 3.63) is 12.2 Å². The van der Waals surface area contributed by atoms with Gasteiger partial charge in [0.25, 0.3) is 0 Å². The van der Waals surface area contributed by atoms with Crippen LogP contribution in [0.3, 0.4) is 0 Å². The molecule has 0 aromatic heterocycles. The maximum Gasteiger partial charge on any atom is 0.303 e. The summed E-state index contributed by atoms with van der Waals surface area (Å²) < 4.78 is 6.09. The minimum absolute atomic E-state index is 0.0692. The van der Waals surface area contributed by atoms with E-state index in [9.17, 15) is 14.4 Å². The fraction of sp³-hybridized carbons (Fsp3) is 0.783. The number of carbonyl (C=O) groups excluding carboxylic acids is 2. The van der Waals surface area contributed by atoms with Crippen molar-refractivity contribution < 1.29 is 24.2 Å². The fourth-order valence-electron chi connectivity index (χ4n) is 4.51. The van der Waals surface area contributed by atoms with Gasteiger partial charge in [0, 0.05) is 25.3 Å². The van der Waals surface area contributed by atoms with Gasteiger partial charge < -0.3 is 20.5 Å². The number of fused-ring (bicyclic) bond motifs is 2. The molecule has 2 heterocycles. The van der Waals surface area contributed by atoms with E-state index in [1.165, 1.54) is 0 Å². The van der Waals surface area contributed by atoms with Crippen molar-refractivity contribution in [3.8, 4) is 0 Å². The van der Waals surface area contributed by atoms with Gasteiger partial charge in [-0.25, -0.2) is 0 Å². The predicted molar refractivity (Wildman–Crippen MR) is 115 cm³/mol. The minimum Gasteiger partial charge on any atom is -0.481 e. The molecular formula is C23H38N2O5. The van der Waals surface area contributed by atoms with Crippen molar-refractivity contribution in [2.45, 2.75) is 96.3 Å². The van der Waals surface area contributed by atoms with Crippen molar-refractivity contribution >= 4 is 17.8 Å². The van der Waals surface area contributed by atoms with Gasteiger partial charge in [-0.15, -0.1) is 0 Å². The summed E-state index contributed by atoms with van der Waals surface area (Å²) in [7, 11) is 0. The first kappa shape index (κ1) is 24.4. The second kappa shape index (κ2) is 12.7. The van der Waals surface area contributed by atoms with Crippen molar-refractivity contribution in [3.63, 3.8) is 0 Å². The summed E-state index contributed by atoms with van der Waals surface area (Å²) in [5.74, 6) is -0.320. The maximum absolute atomic E-state index is 12.4. The first-order valence-corrected chi connectivity index (χ1v) is 11.5. The Morgan fingerprint density at radius 1 is 1.07 bits per heavy atom. The number of carboxylic acids is 1. The molecule has 7 heteroatoms. The van der Waals surface area contributed by atoms with Crippen molar-refractivity contribution in [1.82, 2.24) is 10.6 Å². The second-order valence-corrected chi connectivity index (χ2v) is 8.60. The second-order valence-electron chi connectivity index (χ2n) is 8.60. The van der Waals surface area contributed by atoms with Gasteiger partial charge in [0.1, 0.15) is 6.04 Å². The van der Waals surface area contributed by atoms with Crippen LogP contribution in [0.5, 0.6) is 0 Å². The summed E-state index contributed by atoms with van der Waals surface area (Å²) in [4.78, 5) is 34.9. The van der Waals surface area contributed by atoms with E-state index in [1.807, 2.05) is 0 Å². The number of aliphatic carboxylic acids is 1. The summed E-state index contributed by atoms with van der Waals surface area (Å²) in [6.45, 7) is 4.38. The molecule has 2 saturated heterocycles. The third-order valence-electron chi connectivity index (χ3n) is 6.22. The van der Waals surface area contributed by atoms with Crippen molar-refractivity contribution in [1.29, 1.82) is 0 Å². The number of amides is 2. The lowest BCUT2D eigenvalue weighted by atomic mass is 9.77. The highest BCUT2D eigenvalue weighted by Crippen LogP contribution is 2.44.